The number of pyridine rings is 1. The summed E-state index contributed by atoms with van der Waals surface area (Å²) in [4.78, 5) is 16.5. The van der Waals surface area contributed by atoms with E-state index in [0.717, 1.165) is 5.56 Å². The Kier molecular flexibility index (Phi) is 6.06. The lowest BCUT2D eigenvalue weighted by atomic mass is 10.2. The number of hydrogen-bond donors (Lipinski definition) is 2. The number of methoxy groups -OCH3 is 2. The van der Waals surface area contributed by atoms with E-state index in [1.165, 1.54) is 18.3 Å². The van der Waals surface area contributed by atoms with Gasteiger partial charge < -0.3 is 20.1 Å². The van der Waals surface area contributed by atoms with E-state index in [2.05, 4.69) is 15.6 Å². The molecule has 1 aromatic heterocycles. The second kappa shape index (κ2) is 8.85. The zero-order chi connectivity index (χ0) is 19.9. The highest BCUT2D eigenvalue weighted by Gasteiger charge is 2.10. The van der Waals surface area contributed by atoms with Crippen LogP contribution in [0.15, 0.2) is 60.9 Å². The van der Waals surface area contributed by atoms with Crippen LogP contribution in [0.3, 0.4) is 0 Å². The van der Waals surface area contributed by atoms with Crippen molar-refractivity contribution >= 4 is 17.3 Å². The van der Waals surface area contributed by atoms with Crippen molar-refractivity contribution in [3.63, 3.8) is 0 Å². The minimum atomic E-state index is -0.494. The molecule has 0 spiro atoms. The Morgan fingerprint density at radius 2 is 1.82 bits per heavy atom. The van der Waals surface area contributed by atoms with E-state index in [0.29, 0.717) is 29.3 Å². The van der Waals surface area contributed by atoms with E-state index in [1.807, 2.05) is 18.2 Å². The average Bonchev–Trinajstić information content (AvgIpc) is 2.73. The van der Waals surface area contributed by atoms with Crippen LogP contribution in [0.25, 0.3) is 0 Å². The summed E-state index contributed by atoms with van der Waals surface area (Å²) >= 11 is 0. The van der Waals surface area contributed by atoms with Gasteiger partial charge in [-0.25, -0.2) is 4.39 Å². The molecule has 28 heavy (non-hydrogen) atoms. The van der Waals surface area contributed by atoms with Crippen molar-refractivity contribution in [3.05, 3.63) is 77.9 Å². The number of para-hydroxylation sites is 1. The highest BCUT2D eigenvalue weighted by molar-refractivity contribution is 6.04. The molecule has 0 aliphatic heterocycles. The van der Waals surface area contributed by atoms with Crippen LogP contribution in [0.1, 0.15) is 15.9 Å². The molecule has 1 heterocycles. The Hall–Kier alpha value is -3.61. The summed E-state index contributed by atoms with van der Waals surface area (Å²) in [7, 11) is 3.16. The second-order valence-electron chi connectivity index (χ2n) is 5.94. The molecular weight excluding hydrogens is 361 g/mol. The Bertz CT molecular complexity index is 979. The Labute approximate surface area is 162 Å². The Morgan fingerprint density at radius 3 is 2.57 bits per heavy atom. The normalized spacial score (nSPS) is 10.2. The summed E-state index contributed by atoms with van der Waals surface area (Å²) in [6, 6.07) is 13.3. The first-order valence-electron chi connectivity index (χ1n) is 8.56. The maximum Gasteiger partial charge on any atom is 0.257 e. The monoisotopic (exact) mass is 381 g/mol. The fourth-order valence-electron chi connectivity index (χ4n) is 2.61. The van der Waals surface area contributed by atoms with Crippen molar-refractivity contribution < 1.29 is 18.7 Å². The van der Waals surface area contributed by atoms with E-state index in [-0.39, 0.29) is 5.69 Å². The predicted molar refractivity (Wildman–Crippen MR) is 105 cm³/mol. The molecule has 6 nitrogen and oxygen atoms in total. The van der Waals surface area contributed by atoms with E-state index >= 15 is 0 Å². The lowest BCUT2D eigenvalue weighted by molar-refractivity contribution is 0.102. The standard InChI is InChI=1S/C21H20FN3O3/c1-27-19-8-7-14(9-20(19)28-2)11-24-16-10-15(12-23-13-16)21(26)25-18-6-4-3-5-17(18)22/h3-10,12-13,24H,11H2,1-2H3,(H,25,26). The minimum Gasteiger partial charge on any atom is -0.493 e. The quantitative estimate of drug-likeness (QED) is 0.645. The minimum absolute atomic E-state index is 0.121. The van der Waals surface area contributed by atoms with E-state index in [4.69, 9.17) is 9.47 Å². The Balaban J connectivity index is 1.68. The smallest absolute Gasteiger partial charge is 0.257 e. The molecule has 0 unspecified atom stereocenters. The first-order chi connectivity index (χ1) is 13.6. The average molecular weight is 381 g/mol. The lowest BCUT2D eigenvalue weighted by Crippen LogP contribution is -2.13. The number of anilines is 2. The van der Waals surface area contributed by atoms with Gasteiger partial charge in [0.25, 0.3) is 5.91 Å². The number of nitrogens with zero attached hydrogens (tertiary/aromatic N) is 1. The number of halogens is 1. The predicted octanol–water partition coefficient (Wildman–Crippen LogP) is 4.10. The molecule has 0 aliphatic rings. The SMILES string of the molecule is COc1ccc(CNc2cncc(C(=O)Nc3ccccc3F)c2)cc1OC. The molecule has 2 N–H and O–H groups in total. The first-order valence-corrected chi connectivity index (χ1v) is 8.56. The Morgan fingerprint density at radius 1 is 1.04 bits per heavy atom. The van der Waals surface area contributed by atoms with Crippen LogP contribution in [0, 0.1) is 5.82 Å². The summed E-state index contributed by atoms with van der Waals surface area (Å²) < 4.78 is 24.2. The van der Waals surface area contributed by atoms with Gasteiger partial charge in [0, 0.05) is 18.9 Å². The van der Waals surface area contributed by atoms with Crippen LogP contribution in [-0.2, 0) is 6.54 Å². The number of ether oxygens (including phenoxy) is 2. The summed E-state index contributed by atoms with van der Waals surface area (Å²) in [5.41, 5.74) is 2.08. The van der Waals surface area contributed by atoms with Gasteiger partial charge in [-0.3, -0.25) is 9.78 Å². The number of benzene rings is 2. The molecule has 0 saturated heterocycles. The molecule has 0 fully saturated rings. The number of amides is 1. The maximum atomic E-state index is 13.7. The van der Waals surface area contributed by atoms with Gasteiger partial charge in [-0.2, -0.15) is 0 Å². The number of aromatic nitrogens is 1. The third-order valence-corrected chi connectivity index (χ3v) is 4.07. The van der Waals surface area contributed by atoms with Crippen molar-refractivity contribution in [2.24, 2.45) is 0 Å². The van der Waals surface area contributed by atoms with Gasteiger partial charge in [-0.05, 0) is 35.9 Å². The highest BCUT2D eigenvalue weighted by Crippen LogP contribution is 2.27. The van der Waals surface area contributed by atoms with Crippen LogP contribution < -0.4 is 20.1 Å². The molecule has 1 amide bonds. The van der Waals surface area contributed by atoms with Crippen molar-refractivity contribution in [3.8, 4) is 11.5 Å². The second-order valence-corrected chi connectivity index (χ2v) is 5.94. The summed E-state index contributed by atoms with van der Waals surface area (Å²) in [6.45, 7) is 0.500. The molecule has 0 atom stereocenters. The number of carbonyl (C=O) groups is 1. The van der Waals surface area contributed by atoms with Crippen molar-refractivity contribution in [2.75, 3.05) is 24.9 Å². The van der Waals surface area contributed by atoms with Crippen LogP contribution in [0.2, 0.25) is 0 Å². The van der Waals surface area contributed by atoms with Crippen LogP contribution in [0.4, 0.5) is 15.8 Å². The molecule has 2 aromatic carbocycles. The summed E-state index contributed by atoms with van der Waals surface area (Å²) in [6.07, 6.45) is 3.04. The van der Waals surface area contributed by atoms with Gasteiger partial charge in [0.05, 0.1) is 31.2 Å². The van der Waals surface area contributed by atoms with E-state index in [1.54, 1.807) is 38.6 Å². The van der Waals surface area contributed by atoms with Crippen LogP contribution in [-0.4, -0.2) is 25.1 Å². The molecule has 144 valence electrons. The molecule has 0 radical (unpaired) electrons. The number of nitrogens with one attached hydrogen (secondary N) is 2. The molecule has 3 rings (SSSR count). The van der Waals surface area contributed by atoms with Crippen LogP contribution >= 0.6 is 0 Å². The molecule has 7 heteroatoms. The van der Waals surface area contributed by atoms with E-state index in [9.17, 15) is 9.18 Å². The van der Waals surface area contributed by atoms with Crippen molar-refractivity contribution in [2.45, 2.75) is 6.54 Å². The van der Waals surface area contributed by atoms with Gasteiger partial charge >= 0.3 is 0 Å². The zero-order valence-electron chi connectivity index (χ0n) is 15.5. The van der Waals surface area contributed by atoms with Gasteiger partial charge in [0.1, 0.15) is 5.82 Å². The maximum absolute atomic E-state index is 13.7. The fraction of sp³-hybridized carbons (Fsp3) is 0.143. The number of carbonyl (C=O) groups excluding carboxylic acids is 1. The van der Waals surface area contributed by atoms with Gasteiger partial charge in [-0.15, -0.1) is 0 Å². The molecule has 0 bridgehead atoms. The first kappa shape index (κ1) is 19.2. The topological polar surface area (TPSA) is 72.5 Å². The van der Waals surface area contributed by atoms with E-state index < -0.39 is 11.7 Å². The third kappa shape index (κ3) is 4.56. The number of rotatable bonds is 7. The van der Waals surface area contributed by atoms with Crippen molar-refractivity contribution in [1.82, 2.24) is 4.98 Å². The van der Waals surface area contributed by atoms with Gasteiger partial charge in [0.15, 0.2) is 11.5 Å². The molecule has 3 aromatic rings. The molecule has 0 saturated carbocycles. The largest absolute Gasteiger partial charge is 0.493 e. The van der Waals surface area contributed by atoms with Crippen LogP contribution in [0.5, 0.6) is 11.5 Å². The fourth-order valence-corrected chi connectivity index (χ4v) is 2.61. The highest BCUT2D eigenvalue weighted by atomic mass is 19.1. The van der Waals surface area contributed by atoms with Crippen molar-refractivity contribution in [1.29, 1.82) is 0 Å². The summed E-state index contributed by atoms with van der Waals surface area (Å²) in [5, 5.41) is 5.75. The molecule has 0 aliphatic carbocycles. The zero-order valence-corrected chi connectivity index (χ0v) is 15.5. The van der Waals surface area contributed by atoms with Gasteiger partial charge in [0.2, 0.25) is 0 Å². The lowest BCUT2D eigenvalue weighted by Gasteiger charge is -2.11. The number of hydrogen-bond acceptors (Lipinski definition) is 5. The van der Waals surface area contributed by atoms with Gasteiger partial charge in [-0.1, -0.05) is 18.2 Å². The molecular formula is C21H20FN3O3. The third-order valence-electron chi connectivity index (χ3n) is 4.07. The summed E-state index contributed by atoms with van der Waals surface area (Å²) in [5.74, 6) is 0.358.